The van der Waals surface area contributed by atoms with Crippen LogP contribution < -0.4 is 10.7 Å². The molecule has 3 aromatic heterocycles. The molecule has 0 aliphatic carbocycles. The van der Waals surface area contributed by atoms with Crippen molar-refractivity contribution >= 4 is 23.2 Å². The summed E-state index contributed by atoms with van der Waals surface area (Å²) in [5.74, 6) is -0.528. The summed E-state index contributed by atoms with van der Waals surface area (Å²) in [6.45, 7) is 2.24. The number of para-hydroxylation sites is 1. The molecule has 0 saturated heterocycles. The largest absolute Gasteiger partial charge is 0.338 e. The Balaban J connectivity index is 1.90. The lowest BCUT2D eigenvalue weighted by Gasteiger charge is -2.20. The van der Waals surface area contributed by atoms with Crippen LogP contribution in [0.2, 0.25) is 5.02 Å². The highest BCUT2D eigenvalue weighted by Crippen LogP contribution is 2.26. The number of nitrogens with zero attached hydrogens (tertiary/aromatic N) is 3. The molecule has 7 heteroatoms. The quantitative estimate of drug-likeness (QED) is 0.503. The first kappa shape index (κ1) is 20.5. The maximum Gasteiger partial charge on any atom is 0.261 e. The minimum absolute atomic E-state index is 0.0349. The second-order valence-corrected chi connectivity index (χ2v) is 7.36. The van der Waals surface area contributed by atoms with Gasteiger partial charge in [0, 0.05) is 35.9 Å². The van der Waals surface area contributed by atoms with E-state index in [1.165, 1.54) is 6.07 Å². The molecule has 0 unspecified atom stereocenters. The number of amides is 1. The van der Waals surface area contributed by atoms with Gasteiger partial charge in [-0.15, -0.1) is 0 Å². The van der Waals surface area contributed by atoms with Gasteiger partial charge in [-0.25, -0.2) is 0 Å². The molecule has 0 aliphatic heterocycles. The van der Waals surface area contributed by atoms with Crippen molar-refractivity contribution in [3.63, 3.8) is 0 Å². The Kier molecular flexibility index (Phi) is 5.91. The summed E-state index contributed by atoms with van der Waals surface area (Å²) < 4.78 is 1.92. The van der Waals surface area contributed by atoms with E-state index in [1.54, 1.807) is 55.0 Å². The number of aromatic nitrogens is 3. The predicted octanol–water partition coefficient (Wildman–Crippen LogP) is 4.57. The van der Waals surface area contributed by atoms with Gasteiger partial charge in [-0.2, -0.15) is 0 Å². The van der Waals surface area contributed by atoms with Crippen molar-refractivity contribution in [1.29, 1.82) is 0 Å². The average Bonchev–Trinajstić information content (AvgIpc) is 2.78. The van der Waals surface area contributed by atoms with E-state index in [2.05, 4.69) is 15.3 Å². The van der Waals surface area contributed by atoms with Crippen molar-refractivity contribution < 1.29 is 4.79 Å². The minimum atomic E-state index is -0.528. The molecule has 0 fully saturated rings. The fourth-order valence-electron chi connectivity index (χ4n) is 3.40. The number of aryl methyl sites for hydroxylation is 1. The maximum absolute atomic E-state index is 13.3. The number of hydrogen-bond acceptors (Lipinski definition) is 4. The van der Waals surface area contributed by atoms with Crippen LogP contribution in [0, 0.1) is 6.92 Å². The average molecular weight is 431 g/mol. The van der Waals surface area contributed by atoms with Crippen LogP contribution in [0.5, 0.6) is 0 Å². The summed E-state index contributed by atoms with van der Waals surface area (Å²) in [6.07, 6.45) is 4.97. The van der Waals surface area contributed by atoms with Crippen LogP contribution in [0.4, 0.5) is 5.69 Å². The molecule has 1 aromatic carbocycles. The molecular weight excluding hydrogens is 412 g/mol. The maximum atomic E-state index is 13.3. The lowest BCUT2D eigenvalue weighted by molar-refractivity contribution is 0.102. The third-order valence-electron chi connectivity index (χ3n) is 4.87. The van der Waals surface area contributed by atoms with Gasteiger partial charge in [0.05, 0.1) is 28.6 Å². The molecule has 6 nitrogen and oxygen atoms in total. The van der Waals surface area contributed by atoms with Crippen molar-refractivity contribution in [3.8, 4) is 11.3 Å². The highest BCUT2D eigenvalue weighted by atomic mass is 35.5. The number of halogens is 1. The fraction of sp³-hybridized carbons (Fsp3) is 0.0833. The number of carbonyl (C=O) groups is 1. The van der Waals surface area contributed by atoms with Gasteiger partial charge < -0.3 is 9.88 Å². The lowest BCUT2D eigenvalue weighted by Crippen LogP contribution is -2.27. The first-order valence-electron chi connectivity index (χ1n) is 9.65. The van der Waals surface area contributed by atoms with Gasteiger partial charge in [-0.05, 0) is 43.3 Å². The normalized spacial score (nSPS) is 10.6. The Labute approximate surface area is 184 Å². The first-order chi connectivity index (χ1) is 15.0. The van der Waals surface area contributed by atoms with Gasteiger partial charge in [-0.1, -0.05) is 29.8 Å². The van der Waals surface area contributed by atoms with Gasteiger partial charge in [0.1, 0.15) is 5.56 Å². The number of nitrogens with one attached hydrogen (secondary N) is 1. The molecular formula is C24H19ClN4O2. The second kappa shape index (κ2) is 8.93. The zero-order valence-corrected chi connectivity index (χ0v) is 17.5. The van der Waals surface area contributed by atoms with E-state index >= 15 is 0 Å². The number of pyridine rings is 3. The number of benzene rings is 1. The Bertz CT molecular complexity index is 1290. The smallest absolute Gasteiger partial charge is 0.261 e. The minimum Gasteiger partial charge on any atom is -0.338 e. The summed E-state index contributed by atoms with van der Waals surface area (Å²) in [5.41, 5.74) is 2.84. The van der Waals surface area contributed by atoms with E-state index < -0.39 is 5.91 Å². The van der Waals surface area contributed by atoms with Gasteiger partial charge in [0.25, 0.3) is 5.91 Å². The monoisotopic (exact) mass is 430 g/mol. The van der Waals surface area contributed by atoms with Crippen LogP contribution in [-0.2, 0) is 6.54 Å². The molecule has 4 rings (SSSR count). The zero-order chi connectivity index (χ0) is 21.8. The van der Waals surface area contributed by atoms with Crippen molar-refractivity contribution in [2.75, 3.05) is 5.32 Å². The van der Waals surface area contributed by atoms with E-state index in [-0.39, 0.29) is 11.0 Å². The van der Waals surface area contributed by atoms with Crippen molar-refractivity contribution in [2.24, 2.45) is 0 Å². The van der Waals surface area contributed by atoms with Crippen LogP contribution in [0.3, 0.4) is 0 Å². The molecule has 1 N–H and O–H groups in total. The third-order valence-corrected chi connectivity index (χ3v) is 5.20. The van der Waals surface area contributed by atoms with E-state index in [9.17, 15) is 9.59 Å². The number of hydrogen-bond donors (Lipinski definition) is 1. The van der Waals surface area contributed by atoms with Crippen LogP contribution in [0.15, 0.2) is 84.0 Å². The van der Waals surface area contributed by atoms with Gasteiger partial charge in [-0.3, -0.25) is 19.6 Å². The molecule has 0 atom stereocenters. The van der Waals surface area contributed by atoms with Gasteiger partial charge in [0.15, 0.2) is 5.43 Å². The Morgan fingerprint density at radius 2 is 1.77 bits per heavy atom. The molecule has 0 radical (unpaired) electrons. The zero-order valence-electron chi connectivity index (χ0n) is 16.7. The van der Waals surface area contributed by atoms with Crippen LogP contribution >= 0.6 is 11.6 Å². The molecule has 0 spiro atoms. The Hall–Kier alpha value is -3.77. The third kappa shape index (κ3) is 4.39. The molecule has 0 bridgehead atoms. The van der Waals surface area contributed by atoms with Crippen LogP contribution in [-0.4, -0.2) is 20.4 Å². The molecule has 3 heterocycles. The van der Waals surface area contributed by atoms with E-state index in [0.29, 0.717) is 28.5 Å². The SMILES string of the molecule is Cc1cc(=O)c(C(=O)Nc2ccccc2Cl)c(-c2ccncc2)n1Cc1ccccn1. The standard InChI is InChI=1S/C24H19ClN4O2/c1-16-14-21(30)22(24(31)28-20-8-3-2-7-19(20)25)23(17-9-12-26-13-10-17)29(16)15-18-6-4-5-11-27-18/h2-14H,15H2,1H3,(H,28,31). The van der Waals surface area contributed by atoms with Crippen molar-refractivity contribution in [2.45, 2.75) is 13.5 Å². The van der Waals surface area contributed by atoms with Crippen LogP contribution in [0.25, 0.3) is 11.3 Å². The molecule has 0 saturated carbocycles. The lowest BCUT2D eigenvalue weighted by atomic mass is 10.0. The molecule has 31 heavy (non-hydrogen) atoms. The molecule has 154 valence electrons. The fourth-order valence-corrected chi connectivity index (χ4v) is 3.58. The molecule has 4 aromatic rings. The highest BCUT2D eigenvalue weighted by Gasteiger charge is 2.22. The Morgan fingerprint density at radius 1 is 1.03 bits per heavy atom. The number of carbonyl (C=O) groups excluding carboxylic acids is 1. The summed E-state index contributed by atoms with van der Waals surface area (Å²) in [4.78, 5) is 34.8. The van der Waals surface area contributed by atoms with Crippen LogP contribution in [0.1, 0.15) is 21.7 Å². The summed E-state index contributed by atoms with van der Waals surface area (Å²) in [5, 5.41) is 3.16. The first-order valence-corrected chi connectivity index (χ1v) is 10.0. The highest BCUT2D eigenvalue weighted by molar-refractivity contribution is 6.34. The summed E-state index contributed by atoms with van der Waals surface area (Å²) in [6, 6.07) is 17.6. The van der Waals surface area contributed by atoms with Crippen molar-refractivity contribution in [1.82, 2.24) is 14.5 Å². The van der Waals surface area contributed by atoms with E-state index in [1.807, 2.05) is 29.7 Å². The van der Waals surface area contributed by atoms with Crippen molar-refractivity contribution in [3.05, 3.63) is 111 Å². The number of rotatable bonds is 5. The second-order valence-electron chi connectivity index (χ2n) is 6.95. The summed E-state index contributed by atoms with van der Waals surface area (Å²) in [7, 11) is 0. The predicted molar refractivity (Wildman–Crippen MR) is 121 cm³/mol. The van der Waals surface area contributed by atoms with E-state index in [0.717, 1.165) is 11.4 Å². The number of anilines is 1. The topological polar surface area (TPSA) is 76.9 Å². The summed E-state index contributed by atoms with van der Waals surface area (Å²) >= 11 is 6.20. The molecule has 1 amide bonds. The molecule has 0 aliphatic rings. The Morgan fingerprint density at radius 3 is 2.48 bits per heavy atom. The van der Waals surface area contributed by atoms with Gasteiger partial charge >= 0.3 is 0 Å². The van der Waals surface area contributed by atoms with Gasteiger partial charge in [0.2, 0.25) is 0 Å². The van der Waals surface area contributed by atoms with E-state index in [4.69, 9.17) is 11.6 Å².